The van der Waals surface area contributed by atoms with E-state index in [4.69, 9.17) is 28.3 Å². The third kappa shape index (κ3) is 4.69. The monoisotopic (exact) mass is 258 g/mol. The van der Waals surface area contributed by atoms with E-state index in [0.717, 1.165) is 12.0 Å². The Bertz CT molecular complexity index is 400. The van der Waals surface area contributed by atoms with E-state index in [-0.39, 0.29) is 6.42 Å². The number of hydrogen-bond donors (Lipinski definition) is 1. The number of rotatable bonds is 5. The minimum Gasteiger partial charge on any atom is -0.481 e. The van der Waals surface area contributed by atoms with Crippen LogP contribution in [-0.4, -0.2) is 11.1 Å². The molecule has 86 valence electrons. The summed E-state index contributed by atoms with van der Waals surface area (Å²) in [6.07, 6.45) is 5.24. The lowest BCUT2D eigenvalue weighted by Crippen LogP contribution is -1.91. The van der Waals surface area contributed by atoms with Gasteiger partial charge in [-0.2, -0.15) is 0 Å². The largest absolute Gasteiger partial charge is 0.481 e. The molecule has 0 saturated carbocycles. The molecule has 1 aromatic rings. The first kappa shape index (κ1) is 13.1. The van der Waals surface area contributed by atoms with E-state index in [9.17, 15) is 4.79 Å². The topological polar surface area (TPSA) is 37.3 Å². The maximum atomic E-state index is 10.2. The number of hydrogen-bond acceptors (Lipinski definition) is 1. The van der Waals surface area contributed by atoms with Gasteiger partial charge in [-0.1, -0.05) is 41.4 Å². The first-order valence-corrected chi connectivity index (χ1v) is 5.66. The van der Waals surface area contributed by atoms with Crippen molar-refractivity contribution >= 4 is 29.2 Å². The van der Waals surface area contributed by atoms with Crippen LogP contribution in [-0.2, 0) is 11.2 Å². The van der Waals surface area contributed by atoms with Gasteiger partial charge in [0.1, 0.15) is 0 Å². The highest BCUT2D eigenvalue weighted by Gasteiger charge is 1.97. The highest BCUT2D eigenvalue weighted by Crippen LogP contribution is 2.22. The summed E-state index contributed by atoms with van der Waals surface area (Å²) < 4.78 is 0. The molecule has 0 spiro atoms. The summed E-state index contributed by atoms with van der Waals surface area (Å²) in [5.74, 6) is -0.779. The molecule has 0 atom stereocenters. The van der Waals surface area contributed by atoms with Gasteiger partial charge in [-0.3, -0.25) is 4.79 Å². The molecule has 0 bridgehead atoms. The minimum atomic E-state index is -0.779. The molecular formula is C12H12Cl2O2. The molecule has 0 unspecified atom stereocenters. The van der Waals surface area contributed by atoms with Crippen molar-refractivity contribution in [1.29, 1.82) is 0 Å². The maximum Gasteiger partial charge on any atom is 0.303 e. The Hall–Kier alpha value is -0.990. The van der Waals surface area contributed by atoms with Crippen LogP contribution in [0.1, 0.15) is 18.4 Å². The van der Waals surface area contributed by atoms with Crippen molar-refractivity contribution in [2.45, 2.75) is 19.3 Å². The zero-order valence-corrected chi connectivity index (χ0v) is 10.1. The van der Waals surface area contributed by atoms with Gasteiger partial charge in [0.2, 0.25) is 0 Å². The molecule has 16 heavy (non-hydrogen) atoms. The number of carbonyl (C=O) groups is 1. The summed E-state index contributed by atoms with van der Waals surface area (Å²) in [5.41, 5.74) is 1.06. The van der Waals surface area contributed by atoms with E-state index in [2.05, 4.69) is 0 Å². The molecule has 0 saturated heterocycles. The van der Waals surface area contributed by atoms with E-state index in [1.165, 1.54) is 0 Å². The number of allylic oxidation sites excluding steroid dienone is 2. The van der Waals surface area contributed by atoms with Crippen molar-refractivity contribution in [3.05, 3.63) is 46.0 Å². The fourth-order valence-electron chi connectivity index (χ4n) is 1.21. The van der Waals surface area contributed by atoms with Crippen LogP contribution in [0.4, 0.5) is 0 Å². The molecule has 0 aliphatic rings. The molecule has 0 aliphatic carbocycles. The highest BCUT2D eigenvalue weighted by molar-refractivity contribution is 6.42. The molecule has 1 N–H and O–H groups in total. The van der Waals surface area contributed by atoms with Crippen LogP contribution in [0.15, 0.2) is 30.4 Å². The van der Waals surface area contributed by atoms with E-state index >= 15 is 0 Å². The quantitative estimate of drug-likeness (QED) is 0.812. The third-order valence-corrected chi connectivity index (χ3v) is 2.77. The molecule has 0 amide bonds. The van der Waals surface area contributed by atoms with Gasteiger partial charge in [-0.25, -0.2) is 0 Å². The van der Waals surface area contributed by atoms with Crippen molar-refractivity contribution in [2.24, 2.45) is 0 Å². The fraction of sp³-hybridized carbons (Fsp3) is 0.250. The molecule has 1 rings (SSSR count). The Morgan fingerprint density at radius 1 is 1.25 bits per heavy atom. The van der Waals surface area contributed by atoms with E-state index in [0.29, 0.717) is 16.5 Å². The minimum absolute atomic E-state index is 0.165. The molecule has 4 heteroatoms. The summed E-state index contributed by atoms with van der Waals surface area (Å²) in [4.78, 5) is 10.2. The predicted molar refractivity (Wildman–Crippen MR) is 66.2 cm³/mol. The molecule has 0 radical (unpaired) electrons. The SMILES string of the molecule is O=C(O)CCC=CCc1ccc(Cl)c(Cl)c1. The van der Waals surface area contributed by atoms with Gasteiger partial charge >= 0.3 is 5.97 Å². The third-order valence-electron chi connectivity index (χ3n) is 2.03. The Morgan fingerprint density at radius 3 is 2.62 bits per heavy atom. The summed E-state index contributed by atoms with van der Waals surface area (Å²) in [7, 11) is 0. The van der Waals surface area contributed by atoms with Crippen LogP contribution < -0.4 is 0 Å². The Balaban J connectivity index is 2.42. The van der Waals surface area contributed by atoms with Crippen LogP contribution in [0, 0.1) is 0 Å². The lowest BCUT2D eigenvalue weighted by Gasteiger charge is -1.99. The zero-order valence-electron chi connectivity index (χ0n) is 8.62. The molecule has 2 nitrogen and oxygen atoms in total. The first-order chi connectivity index (χ1) is 7.59. The highest BCUT2D eigenvalue weighted by atomic mass is 35.5. The van der Waals surface area contributed by atoms with E-state index < -0.39 is 5.97 Å². The fourth-order valence-corrected chi connectivity index (χ4v) is 1.53. The molecule has 0 aliphatic heterocycles. The van der Waals surface area contributed by atoms with E-state index in [1.807, 2.05) is 24.3 Å². The molecule has 0 fully saturated rings. The van der Waals surface area contributed by atoms with Gasteiger partial charge in [0.25, 0.3) is 0 Å². The second-order valence-electron chi connectivity index (χ2n) is 3.36. The van der Waals surface area contributed by atoms with Gasteiger partial charge in [0.05, 0.1) is 10.0 Å². The second kappa shape index (κ2) is 6.56. The van der Waals surface area contributed by atoms with Crippen LogP contribution >= 0.6 is 23.2 Å². The number of aliphatic carboxylic acids is 1. The van der Waals surface area contributed by atoms with Crippen molar-refractivity contribution in [1.82, 2.24) is 0 Å². The molecule has 0 aromatic heterocycles. The van der Waals surface area contributed by atoms with Gasteiger partial charge in [-0.05, 0) is 30.5 Å². The normalized spacial score (nSPS) is 10.9. The van der Waals surface area contributed by atoms with Crippen molar-refractivity contribution in [2.75, 3.05) is 0 Å². The van der Waals surface area contributed by atoms with Crippen molar-refractivity contribution in [3.8, 4) is 0 Å². The van der Waals surface area contributed by atoms with Crippen LogP contribution in [0.2, 0.25) is 10.0 Å². The number of carboxylic acids is 1. The average Bonchev–Trinajstić information content (AvgIpc) is 2.22. The molecule has 1 aromatic carbocycles. The Kier molecular flexibility index (Phi) is 5.36. The lowest BCUT2D eigenvalue weighted by atomic mass is 10.1. The maximum absolute atomic E-state index is 10.2. The number of halogens is 2. The predicted octanol–water partition coefficient (Wildman–Crippen LogP) is 3.96. The van der Waals surface area contributed by atoms with Crippen molar-refractivity contribution in [3.63, 3.8) is 0 Å². The first-order valence-electron chi connectivity index (χ1n) is 4.90. The molecule has 0 heterocycles. The average molecular weight is 259 g/mol. The lowest BCUT2D eigenvalue weighted by molar-refractivity contribution is -0.136. The van der Waals surface area contributed by atoms with Gasteiger partial charge in [0.15, 0.2) is 0 Å². The zero-order chi connectivity index (χ0) is 12.0. The number of benzene rings is 1. The van der Waals surface area contributed by atoms with Crippen LogP contribution in [0.5, 0.6) is 0 Å². The summed E-state index contributed by atoms with van der Waals surface area (Å²) >= 11 is 11.6. The van der Waals surface area contributed by atoms with E-state index in [1.54, 1.807) is 6.07 Å². The molecular weight excluding hydrogens is 247 g/mol. The number of carboxylic acid groups (broad SMARTS) is 1. The Labute approximate surface area is 104 Å². The van der Waals surface area contributed by atoms with Gasteiger partial charge in [-0.15, -0.1) is 0 Å². The summed E-state index contributed by atoms with van der Waals surface area (Å²) in [6.45, 7) is 0. The van der Waals surface area contributed by atoms with Crippen LogP contribution in [0.3, 0.4) is 0 Å². The smallest absolute Gasteiger partial charge is 0.303 e. The van der Waals surface area contributed by atoms with Crippen molar-refractivity contribution < 1.29 is 9.90 Å². The van der Waals surface area contributed by atoms with Gasteiger partial charge in [0, 0.05) is 6.42 Å². The van der Waals surface area contributed by atoms with Gasteiger partial charge < -0.3 is 5.11 Å². The summed E-state index contributed by atoms with van der Waals surface area (Å²) in [5, 5.41) is 9.51. The Morgan fingerprint density at radius 2 is 2.00 bits per heavy atom. The summed E-state index contributed by atoms with van der Waals surface area (Å²) in [6, 6.07) is 5.46. The second-order valence-corrected chi connectivity index (χ2v) is 4.17. The van der Waals surface area contributed by atoms with Crippen LogP contribution in [0.25, 0.3) is 0 Å². The standard InChI is InChI=1S/C12H12Cl2O2/c13-10-7-6-9(8-11(10)14)4-2-1-3-5-12(15)16/h1-2,6-8H,3-5H2,(H,15,16).